The second-order valence-corrected chi connectivity index (χ2v) is 5.53. The van der Waals surface area contributed by atoms with Crippen molar-refractivity contribution in [1.82, 2.24) is 4.98 Å². The van der Waals surface area contributed by atoms with Crippen molar-refractivity contribution < 1.29 is 0 Å². The van der Waals surface area contributed by atoms with E-state index in [1.165, 1.54) is 0 Å². The Morgan fingerprint density at radius 1 is 1.07 bits per heavy atom. The maximum Gasteiger partial charge on any atom is 0.0642 e. The quantitative estimate of drug-likeness (QED) is 0.867. The first-order valence-corrected chi connectivity index (χ1v) is 5.93. The fourth-order valence-electron chi connectivity index (χ4n) is 2.60. The number of aromatic nitrogens is 1. The van der Waals surface area contributed by atoms with Gasteiger partial charge in [0.15, 0.2) is 0 Å². The van der Waals surface area contributed by atoms with Crippen molar-refractivity contribution in [2.24, 2.45) is 5.73 Å². The molecule has 0 amide bonds. The Balaban J connectivity index is 2.13. The van der Waals surface area contributed by atoms with E-state index in [-0.39, 0.29) is 11.0 Å². The maximum atomic E-state index is 6.32. The van der Waals surface area contributed by atoms with Gasteiger partial charge in [-0.1, -0.05) is 23.2 Å². The third-order valence-corrected chi connectivity index (χ3v) is 4.40. The molecule has 0 spiro atoms. The predicted molar refractivity (Wildman–Crippen MR) is 61.3 cm³/mol. The predicted octanol–water partition coefficient (Wildman–Crippen LogP) is 2.91. The van der Waals surface area contributed by atoms with Gasteiger partial charge < -0.3 is 5.73 Å². The first-order valence-electron chi connectivity index (χ1n) is 5.17. The molecule has 1 aromatic heterocycles. The van der Waals surface area contributed by atoms with E-state index >= 15 is 0 Å². The molecule has 1 heterocycles. The molecular weight excluding hydrogens is 231 g/mol. The van der Waals surface area contributed by atoms with Gasteiger partial charge in [0.05, 0.1) is 10.0 Å². The van der Waals surface area contributed by atoms with Crippen LogP contribution >= 0.6 is 23.2 Å². The lowest BCUT2D eigenvalue weighted by Crippen LogP contribution is -2.37. The Kier molecular flexibility index (Phi) is 1.89. The molecule has 1 aromatic rings. The molecule has 4 heteroatoms. The molecule has 2 aliphatic carbocycles. The minimum Gasteiger partial charge on any atom is -0.324 e. The SMILES string of the molecule is NC1(C2(c3c(Cl)cncc3Cl)CC2)CC1. The number of rotatable bonds is 2. The molecule has 0 aromatic carbocycles. The summed E-state index contributed by atoms with van der Waals surface area (Å²) in [5, 5.41) is 1.33. The molecule has 3 rings (SSSR count). The summed E-state index contributed by atoms with van der Waals surface area (Å²) < 4.78 is 0. The largest absolute Gasteiger partial charge is 0.324 e. The molecule has 0 saturated heterocycles. The summed E-state index contributed by atoms with van der Waals surface area (Å²) in [5.74, 6) is 0. The van der Waals surface area contributed by atoms with Crippen LogP contribution in [0.3, 0.4) is 0 Å². The van der Waals surface area contributed by atoms with E-state index in [0.29, 0.717) is 10.0 Å². The molecule has 0 atom stereocenters. The van der Waals surface area contributed by atoms with Crippen molar-refractivity contribution >= 4 is 23.2 Å². The minimum atomic E-state index is -0.0539. The Morgan fingerprint density at radius 2 is 1.60 bits per heavy atom. The van der Waals surface area contributed by atoms with Crippen LogP contribution in [0.25, 0.3) is 0 Å². The van der Waals surface area contributed by atoms with Gasteiger partial charge in [-0.15, -0.1) is 0 Å². The fourth-order valence-corrected chi connectivity index (χ4v) is 3.33. The zero-order valence-corrected chi connectivity index (χ0v) is 9.78. The molecule has 2 fully saturated rings. The van der Waals surface area contributed by atoms with Gasteiger partial charge in [-0.2, -0.15) is 0 Å². The van der Waals surface area contributed by atoms with Crippen molar-refractivity contribution in [3.8, 4) is 0 Å². The van der Waals surface area contributed by atoms with Crippen LogP contribution in [0.1, 0.15) is 31.2 Å². The monoisotopic (exact) mass is 242 g/mol. The number of nitrogens with two attached hydrogens (primary N) is 1. The third-order valence-electron chi connectivity index (χ3n) is 3.82. The average molecular weight is 243 g/mol. The van der Waals surface area contributed by atoms with Crippen molar-refractivity contribution in [3.05, 3.63) is 28.0 Å². The van der Waals surface area contributed by atoms with Gasteiger partial charge in [-0.05, 0) is 25.7 Å². The van der Waals surface area contributed by atoms with Crippen molar-refractivity contribution in [1.29, 1.82) is 0 Å². The van der Waals surface area contributed by atoms with E-state index in [4.69, 9.17) is 28.9 Å². The second kappa shape index (κ2) is 2.88. The zero-order chi connectivity index (χ0) is 10.7. The van der Waals surface area contributed by atoms with Crippen molar-refractivity contribution in [2.75, 3.05) is 0 Å². The standard InChI is InChI=1S/C11H12Cl2N2/c12-7-5-15-6-8(13)9(7)10(1-2-10)11(14)3-4-11/h5-6H,1-4,14H2. The molecule has 2 aliphatic rings. The third kappa shape index (κ3) is 1.25. The van der Waals surface area contributed by atoms with Crippen molar-refractivity contribution in [3.63, 3.8) is 0 Å². The van der Waals surface area contributed by atoms with Crippen LogP contribution in [0.2, 0.25) is 10.0 Å². The number of hydrogen-bond acceptors (Lipinski definition) is 2. The van der Waals surface area contributed by atoms with E-state index in [1.807, 2.05) is 0 Å². The van der Waals surface area contributed by atoms with Gasteiger partial charge in [-0.25, -0.2) is 0 Å². The first kappa shape index (κ1) is 9.88. The highest BCUT2D eigenvalue weighted by atomic mass is 35.5. The van der Waals surface area contributed by atoms with Crippen LogP contribution in [0.15, 0.2) is 12.4 Å². The van der Waals surface area contributed by atoms with E-state index in [0.717, 1.165) is 31.2 Å². The smallest absolute Gasteiger partial charge is 0.0642 e. The van der Waals surface area contributed by atoms with Crippen LogP contribution < -0.4 is 5.73 Å². The zero-order valence-electron chi connectivity index (χ0n) is 8.26. The number of hydrogen-bond donors (Lipinski definition) is 1. The van der Waals surface area contributed by atoms with Gasteiger partial charge in [0.2, 0.25) is 0 Å². The van der Waals surface area contributed by atoms with E-state index < -0.39 is 0 Å². The Labute approximate surface area is 98.8 Å². The summed E-state index contributed by atoms with van der Waals surface area (Å²) in [6.45, 7) is 0. The normalized spacial score (nSPS) is 25.0. The summed E-state index contributed by atoms with van der Waals surface area (Å²) in [6, 6.07) is 0. The Bertz CT molecular complexity index is 402. The molecule has 2 nitrogen and oxygen atoms in total. The van der Waals surface area contributed by atoms with Gasteiger partial charge in [0, 0.05) is 28.9 Å². The second-order valence-electron chi connectivity index (χ2n) is 4.72. The molecule has 2 saturated carbocycles. The van der Waals surface area contributed by atoms with E-state index in [2.05, 4.69) is 4.98 Å². The van der Waals surface area contributed by atoms with Crippen LogP contribution in [0.4, 0.5) is 0 Å². The lowest BCUT2D eigenvalue weighted by molar-refractivity contribution is 0.503. The van der Waals surface area contributed by atoms with Gasteiger partial charge in [-0.3, -0.25) is 4.98 Å². The number of pyridine rings is 1. The topological polar surface area (TPSA) is 38.9 Å². The van der Waals surface area contributed by atoms with Gasteiger partial charge >= 0.3 is 0 Å². The maximum absolute atomic E-state index is 6.32. The highest BCUT2D eigenvalue weighted by Gasteiger charge is 2.65. The summed E-state index contributed by atoms with van der Waals surface area (Å²) in [7, 11) is 0. The average Bonchev–Trinajstić information content (AvgIpc) is 3.02. The molecule has 80 valence electrons. The van der Waals surface area contributed by atoms with E-state index in [9.17, 15) is 0 Å². The van der Waals surface area contributed by atoms with E-state index in [1.54, 1.807) is 12.4 Å². The van der Waals surface area contributed by atoms with Gasteiger partial charge in [0.25, 0.3) is 0 Å². The van der Waals surface area contributed by atoms with Crippen LogP contribution in [-0.4, -0.2) is 10.5 Å². The summed E-state index contributed by atoms with van der Waals surface area (Å²) >= 11 is 12.4. The molecule has 2 N–H and O–H groups in total. The fraction of sp³-hybridized carbons (Fsp3) is 0.545. The van der Waals surface area contributed by atoms with Crippen LogP contribution in [-0.2, 0) is 5.41 Å². The lowest BCUT2D eigenvalue weighted by Gasteiger charge is -2.25. The molecule has 0 bridgehead atoms. The summed E-state index contributed by atoms with van der Waals surface area (Å²) in [5.41, 5.74) is 7.34. The molecular formula is C11H12Cl2N2. The molecule has 15 heavy (non-hydrogen) atoms. The Morgan fingerprint density at radius 3 is 2.00 bits per heavy atom. The Hall–Kier alpha value is -0.310. The van der Waals surface area contributed by atoms with Crippen LogP contribution in [0, 0.1) is 0 Å². The highest BCUT2D eigenvalue weighted by Crippen LogP contribution is 2.65. The summed E-state index contributed by atoms with van der Waals surface area (Å²) in [6.07, 6.45) is 7.70. The van der Waals surface area contributed by atoms with Gasteiger partial charge in [0.1, 0.15) is 0 Å². The van der Waals surface area contributed by atoms with Crippen molar-refractivity contribution in [2.45, 2.75) is 36.6 Å². The van der Waals surface area contributed by atoms with Crippen LogP contribution in [0.5, 0.6) is 0 Å². The number of halogens is 2. The molecule has 0 radical (unpaired) electrons. The summed E-state index contributed by atoms with van der Waals surface area (Å²) in [4.78, 5) is 3.98. The minimum absolute atomic E-state index is 0.0457. The first-order chi connectivity index (χ1) is 7.09. The molecule has 0 aliphatic heterocycles. The molecule has 0 unspecified atom stereocenters. The lowest BCUT2D eigenvalue weighted by atomic mass is 9.87. The number of nitrogens with zero attached hydrogens (tertiary/aromatic N) is 1. The highest BCUT2D eigenvalue weighted by molar-refractivity contribution is 6.36.